The topological polar surface area (TPSA) is 68.1 Å². The number of piperidine rings is 1. The van der Waals surface area contributed by atoms with Gasteiger partial charge in [-0.05, 0) is 43.0 Å². The summed E-state index contributed by atoms with van der Waals surface area (Å²) in [6.45, 7) is 1.43. The monoisotopic (exact) mass is 318 g/mol. The molecule has 7 heteroatoms. The average molecular weight is 318 g/mol. The van der Waals surface area contributed by atoms with Gasteiger partial charge in [-0.1, -0.05) is 5.21 Å². The van der Waals surface area contributed by atoms with Crippen molar-refractivity contribution in [1.82, 2.24) is 19.9 Å². The molecule has 22 heavy (non-hydrogen) atoms. The molecule has 4 rings (SSSR count). The molecule has 116 valence electrons. The van der Waals surface area contributed by atoms with Crippen LogP contribution in [0.25, 0.3) is 10.2 Å². The van der Waals surface area contributed by atoms with Gasteiger partial charge in [-0.3, -0.25) is 9.59 Å². The van der Waals surface area contributed by atoms with Crippen LogP contribution in [0.2, 0.25) is 0 Å². The van der Waals surface area contributed by atoms with Crippen molar-refractivity contribution < 1.29 is 4.79 Å². The Kier molecular flexibility index (Phi) is 3.44. The maximum absolute atomic E-state index is 12.4. The summed E-state index contributed by atoms with van der Waals surface area (Å²) in [5.41, 5.74) is 0.617. The first-order valence-electron chi connectivity index (χ1n) is 7.83. The predicted octanol–water partition coefficient (Wildman–Crippen LogP) is 1.82. The van der Waals surface area contributed by atoms with Crippen molar-refractivity contribution in [3.05, 3.63) is 21.8 Å². The maximum Gasteiger partial charge on any atom is 0.287 e. The second kappa shape index (κ2) is 5.46. The molecule has 0 aromatic carbocycles. The van der Waals surface area contributed by atoms with E-state index < -0.39 is 0 Å². The lowest BCUT2D eigenvalue weighted by molar-refractivity contribution is -0.132. The second-order valence-electron chi connectivity index (χ2n) is 6.23. The third kappa shape index (κ3) is 2.54. The molecule has 2 aromatic rings. The van der Waals surface area contributed by atoms with E-state index in [0.29, 0.717) is 35.6 Å². The number of hydrogen-bond donors (Lipinski definition) is 0. The van der Waals surface area contributed by atoms with E-state index in [2.05, 4.69) is 10.3 Å². The fourth-order valence-electron chi connectivity index (χ4n) is 3.08. The minimum absolute atomic E-state index is 0.0523. The molecule has 1 aliphatic heterocycles. The number of thiophene rings is 1. The highest BCUT2D eigenvalue weighted by atomic mass is 32.1. The van der Waals surface area contributed by atoms with E-state index in [1.54, 1.807) is 0 Å². The highest BCUT2D eigenvalue weighted by Gasteiger charge is 2.30. The van der Waals surface area contributed by atoms with E-state index >= 15 is 0 Å². The first-order valence-corrected chi connectivity index (χ1v) is 8.71. The molecule has 1 aliphatic carbocycles. The number of amides is 1. The van der Waals surface area contributed by atoms with Gasteiger partial charge in [0.05, 0.1) is 6.04 Å². The number of aromatic nitrogens is 3. The zero-order valence-electron chi connectivity index (χ0n) is 12.3. The smallest absolute Gasteiger partial charge is 0.287 e. The summed E-state index contributed by atoms with van der Waals surface area (Å²) in [5.74, 6) is 0.896. The third-order valence-electron chi connectivity index (χ3n) is 4.62. The maximum atomic E-state index is 12.4. The van der Waals surface area contributed by atoms with Crippen LogP contribution in [0.1, 0.15) is 38.1 Å². The van der Waals surface area contributed by atoms with Crippen LogP contribution in [0, 0.1) is 5.92 Å². The Balaban J connectivity index is 1.46. The van der Waals surface area contributed by atoms with Crippen molar-refractivity contribution in [1.29, 1.82) is 0 Å². The summed E-state index contributed by atoms with van der Waals surface area (Å²) in [5, 5.41) is 10.1. The van der Waals surface area contributed by atoms with Crippen LogP contribution in [-0.4, -0.2) is 38.9 Å². The molecule has 2 fully saturated rings. The molecular weight excluding hydrogens is 300 g/mol. The summed E-state index contributed by atoms with van der Waals surface area (Å²) in [6.07, 6.45) is 4.66. The van der Waals surface area contributed by atoms with Crippen LogP contribution < -0.4 is 5.56 Å². The lowest BCUT2D eigenvalue weighted by atomic mass is 10.0. The summed E-state index contributed by atoms with van der Waals surface area (Å²) in [6, 6.07) is 1.87. The van der Waals surface area contributed by atoms with Gasteiger partial charge in [0.2, 0.25) is 5.91 Å². The van der Waals surface area contributed by atoms with Crippen LogP contribution in [-0.2, 0) is 4.79 Å². The Hall–Kier alpha value is -1.76. The number of carbonyl (C=O) groups is 1. The highest BCUT2D eigenvalue weighted by Crippen LogP contribution is 2.33. The van der Waals surface area contributed by atoms with Gasteiger partial charge in [-0.2, -0.15) is 0 Å². The summed E-state index contributed by atoms with van der Waals surface area (Å²) < 4.78 is 2.18. The zero-order valence-corrected chi connectivity index (χ0v) is 13.1. The first-order chi connectivity index (χ1) is 10.7. The molecule has 1 saturated carbocycles. The SMILES string of the molecule is O=C(CC1CC1)N1CCC(n2nnc3ccsc3c2=O)CC1. The zero-order chi connectivity index (χ0) is 15.1. The van der Waals surface area contributed by atoms with E-state index in [-0.39, 0.29) is 17.5 Å². The third-order valence-corrected chi connectivity index (χ3v) is 5.51. The van der Waals surface area contributed by atoms with Gasteiger partial charge in [-0.25, -0.2) is 4.68 Å². The molecule has 6 nitrogen and oxygen atoms in total. The average Bonchev–Trinajstić information content (AvgIpc) is 3.21. The number of likely N-dealkylation sites (tertiary alicyclic amines) is 1. The lowest BCUT2D eigenvalue weighted by Gasteiger charge is -2.32. The molecule has 2 aromatic heterocycles. The van der Waals surface area contributed by atoms with Crippen molar-refractivity contribution in [3.8, 4) is 0 Å². The minimum Gasteiger partial charge on any atom is -0.343 e. The standard InChI is InChI=1S/C15H18N4O2S/c20-13(9-10-1-2-10)18-6-3-11(4-7-18)19-15(21)14-12(16-17-19)5-8-22-14/h5,8,10-11H,1-4,6-7,9H2. The molecule has 0 N–H and O–H groups in total. The molecule has 0 spiro atoms. The van der Waals surface area contributed by atoms with Gasteiger partial charge in [-0.15, -0.1) is 16.4 Å². The van der Waals surface area contributed by atoms with Gasteiger partial charge in [0.1, 0.15) is 10.2 Å². The summed E-state index contributed by atoms with van der Waals surface area (Å²) in [4.78, 5) is 26.5. The van der Waals surface area contributed by atoms with Gasteiger partial charge in [0.25, 0.3) is 5.56 Å². The van der Waals surface area contributed by atoms with Crippen LogP contribution in [0.5, 0.6) is 0 Å². The number of hydrogen-bond acceptors (Lipinski definition) is 5. The van der Waals surface area contributed by atoms with E-state index in [9.17, 15) is 9.59 Å². The Bertz CT molecular complexity index is 756. The summed E-state index contributed by atoms with van der Waals surface area (Å²) >= 11 is 1.41. The highest BCUT2D eigenvalue weighted by molar-refractivity contribution is 7.17. The van der Waals surface area contributed by atoms with Crippen molar-refractivity contribution in [2.24, 2.45) is 5.92 Å². The van der Waals surface area contributed by atoms with Crippen LogP contribution in [0.4, 0.5) is 0 Å². The molecule has 1 amide bonds. The normalized spacial score (nSPS) is 19.7. The fourth-order valence-corrected chi connectivity index (χ4v) is 3.84. The van der Waals surface area contributed by atoms with E-state index in [1.807, 2.05) is 16.3 Å². The lowest BCUT2D eigenvalue weighted by Crippen LogP contribution is -2.41. The second-order valence-corrected chi connectivity index (χ2v) is 7.15. The molecular formula is C15H18N4O2S. The van der Waals surface area contributed by atoms with Gasteiger partial charge < -0.3 is 4.90 Å². The molecule has 0 bridgehead atoms. The van der Waals surface area contributed by atoms with Crippen LogP contribution in [0.3, 0.4) is 0 Å². The predicted molar refractivity (Wildman–Crippen MR) is 83.9 cm³/mol. The van der Waals surface area contributed by atoms with E-state index in [1.165, 1.54) is 28.9 Å². The van der Waals surface area contributed by atoms with Crippen molar-refractivity contribution in [3.63, 3.8) is 0 Å². The van der Waals surface area contributed by atoms with E-state index in [4.69, 9.17) is 0 Å². The molecule has 0 radical (unpaired) electrons. The number of fused-ring (bicyclic) bond motifs is 1. The number of nitrogens with zero attached hydrogens (tertiary/aromatic N) is 4. The van der Waals surface area contributed by atoms with Crippen molar-refractivity contribution in [2.75, 3.05) is 13.1 Å². The van der Waals surface area contributed by atoms with Crippen molar-refractivity contribution in [2.45, 2.75) is 38.1 Å². The largest absolute Gasteiger partial charge is 0.343 e. The Labute approximate surface area is 131 Å². The Morgan fingerprint density at radius 3 is 2.77 bits per heavy atom. The molecule has 1 saturated heterocycles. The van der Waals surface area contributed by atoms with Crippen LogP contribution >= 0.6 is 11.3 Å². The Morgan fingerprint density at radius 2 is 2.05 bits per heavy atom. The van der Waals surface area contributed by atoms with Crippen LogP contribution in [0.15, 0.2) is 16.2 Å². The quantitative estimate of drug-likeness (QED) is 0.865. The van der Waals surface area contributed by atoms with E-state index in [0.717, 1.165) is 12.8 Å². The first kappa shape index (κ1) is 13.9. The molecule has 0 atom stereocenters. The Morgan fingerprint density at radius 1 is 1.27 bits per heavy atom. The molecule has 0 unspecified atom stereocenters. The number of rotatable bonds is 3. The number of carbonyl (C=O) groups excluding carboxylic acids is 1. The van der Waals surface area contributed by atoms with Gasteiger partial charge >= 0.3 is 0 Å². The van der Waals surface area contributed by atoms with Gasteiger partial charge in [0, 0.05) is 19.5 Å². The summed E-state index contributed by atoms with van der Waals surface area (Å²) in [7, 11) is 0. The fraction of sp³-hybridized carbons (Fsp3) is 0.600. The van der Waals surface area contributed by atoms with Gasteiger partial charge in [0.15, 0.2) is 0 Å². The minimum atomic E-state index is -0.0530. The molecule has 3 heterocycles. The molecule has 2 aliphatic rings. The van der Waals surface area contributed by atoms with Crippen molar-refractivity contribution >= 4 is 27.5 Å².